The Hall–Kier alpha value is -1.84. The molecule has 1 aromatic carbocycles. The highest BCUT2D eigenvalue weighted by Crippen LogP contribution is 2.25. The summed E-state index contributed by atoms with van der Waals surface area (Å²) in [5, 5.41) is 0. The zero-order valence-corrected chi connectivity index (χ0v) is 13.1. The van der Waals surface area contributed by atoms with Crippen molar-refractivity contribution in [3.8, 4) is 0 Å². The van der Waals surface area contributed by atoms with Crippen LogP contribution in [0.2, 0.25) is 0 Å². The first-order valence-corrected chi connectivity index (χ1v) is 6.80. The maximum Gasteiger partial charge on any atom is 0.140 e. The second-order valence-electron chi connectivity index (χ2n) is 5.52. The summed E-state index contributed by atoms with van der Waals surface area (Å²) in [6, 6.07) is 6.24. The highest BCUT2D eigenvalue weighted by Gasteiger charge is 2.11. The quantitative estimate of drug-likeness (QED) is 0.717. The van der Waals surface area contributed by atoms with Crippen molar-refractivity contribution in [1.82, 2.24) is 0 Å². The summed E-state index contributed by atoms with van der Waals surface area (Å²) in [4.78, 5) is 26.7. The summed E-state index contributed by atoms with van der Waals surface area (Å²) in [6.45, 7) is 1.45. The number of ketones is 2. The largest absolute Gasteiger partial charge is 0.378 e. The Morgan fingerprint density at radius 2 is 1.70 bits per heavy atom. The summed E-state index contributed by atoms with van der Waals surface area (Å²) in [5.41, 5.74) is 3.37. The zero-order chi connectivity index (χ0) is 15.3. The van der Waals surface area contributed by atoms with Gasteiger partial charge in [0.05, 0.1) is 6.42 Å². The van der Waals surface area contributed by atoms with Crippen LogP contribution in [0.25, 0.3) is 0 Å². The molecular weight excluding hydrogens is 252 g/mol. The Morgan fingerprint density at radius 3 is 2.20 bits per heavy atom. The third-order valence-corrected chi connectivity index (χ3v) is 3.18. The minimum atomic E-state index is -0.0649. The molecule has 0 aromatic heterocycles. The molecule has 0 saturated carbocycles. The summed E-state index contributed by atoms with van der Waals surface area (Å²) in [5.74, 6) is -0.0534. The van der Waals surface area contributed by atoms with Crippen LogP contribution < -0.4 is 9.80 Å². The molecule has 0 unspecified atom stereocenters. The van der Waals surface area contributed by atoms with E-state index in [1.165, 1.54) is 6.92 Å². The minimum absolute atomic E-state index is 0.0115. The molecule has 0 radical (unpaired) electrons. The fourth-order valence-electron chi connectivity index (χ4n) is 2.13. The van der Waals surface area contributed by atoms with Crippen molar-refractivity contribution in [3.05, 3.63) is 23.8 Å². The summed E-state index contributed by atoms with van der Waals surface area (Å²) in [7, 11) is 7.97. The van der Waals surface area contributed by atoms with Gasteiger partial charge in [-0.1, -0.05) is 0 Å². The number of hydrogen-bond acceptors (Lipinski definition) is 4. The topological polar surface area (TPSA) is 40.6 Å². The molecular formula is C16H24N2O2. The van der Waals surface area contributed by atoms with Gasteiger partial charge in [0.25, 0.3) is 0 Å². The Balaban J connectivity index is 2.87. The lowest BCUT2D eigenvalue weighted by atomic mass is 10.0. The van der Waals surface area contributed by atoms with Gasteiger partial charge in [-0.05, 0) is 37.1 Å². The number of rotatable bonds is 7. The average Bonchev–Trinajstić information content (AvgIpc) is 2.34. The molecule has 0 bridgehead atoms. The number of nitrogens with zero attached hydrogens (tertiary/aromatic N) is 2. The van der Waals surface area contributed by atoms with Gasteiger partial charge in [0, 0.05) is 46.0 Å². The molecule has 4 nitrogen and oxygen atoms in total. The predicted octanol–water partition coefficient (Wildman–Crippen LogP) is 2.30. The van der Waals surface area contributed by atoms with Gasteiger partial charge in [0.2, 0.25) is 0 Å². The van der Waals surface area contributed by atoms with E-state index >= 15 is 0 Å². The molecule has 0 aliphatic carbocycles. The molecule has 0 N–H and O–H groups in total. The lowest BCUT2D eigenvalue weighted by Gasteiger charge is -2.21. The van der Waals surface area contributed by atoms with Crippen molar-refractivity contribution >= 4 is 22.9 Å². The van der Waals surface area contributed by atoms with Gasteiger partial charge in [-0.25, -0.2) is 0 Å². The lowest BCUT2D eigenvalue weighted by molar-refractivity contribution is -0.125. The van der Waals surface area contributed by atoms with Crippen LogP contribution in [0.15, 0.2) is 18.2 Å². The molecule has 4 heteroatoms. The van der Waals surface area contributed by atoms with Crippen LogP contribution in [-0.2, 0) is 16.0 Å². The number of Topliss-reactive ketones (excluding diaryl/α,β-unsaturated/α-hetero) is 2. The fraction of sp³-hybridized carbons (Fsp3) is 0.500. The van der Waals surface area contributed by atoms with Crippen molar-refractivity contribution in [2.45, 2.75) is 26.2 Å². The van der Waals surface area contributed by atoms with E-state index in [1.54, 1.807) is 0 Å². The van der Waals surface area contributed by atoms with Gasteiger partial charge in [-0.15, -0.1) is 0 Å². The fourth-order valence-corrected chi connectivity index (χ4v) is 2.13. The van der Waals surface area contributed by atoms with E-state index in [4.69, 9.17) is 0 Å². The normalized spacial score (nSPS) is 10.2. The van der Waals surface area contributed by atoms with Crippen molar-refractivity contribution in [1.29, 1.82) is 0 Å². The van der Waals surface area contributed by atoms with Crippen molar-refractivity contribution in [3.63, 3.8) is 0 Å². The smallest absolute Gasteiger partial charge is 0.140 e. The molecule has 1 aromatic rings. The Labute approximate surface area is 121 Å². The van der Waals surface area contributed by atoms with Crippen LogP contribution in [0.1, 0.15) is 25.3 Å². The van der Waals surface area contributed by atoms with Crippen molar-refractivity contribution in [2.24, 2.45) is 0 Å². The van der Waals surface area contributed by atoms with E-state index < -0.39 is 0 Å². The van der Waals surface area contributed by atoms with E-state index in [1.807, 2.05) is 38.0 Å². The molecule has 0 fully saturated rings. The van der Waals surface area contributed by atoms with Crippen LogP contribution in [0.5, 0.6) is 0 Å². The number of aryl methyl sites for hydroxylation is 1. The number of hydrogen-bond donors (Lipinski definition) is 0. The van der Waals surface area contributed by atoms with E-state index in [0.29, 0.717) is 12.8 Å². The standard InChI is InChI=1S/C16H24N2O2/c1-12(19)10-15(20)8-6-13-11-14(17(2)3)7-9-16(13)18(4)5/h7,9,11H,6,8,10H2,1-5H3. The molecule has 0 heterocycles. The molecule has 0 amide bonds. The molecule has 1 rings (SSSR count). The van der Waals surface area contributed by atoms with Crippen molar-refractivity contribution in [2.75, 3.05) is 38.0 Å². The van der Waals surface area contributed by atoms with Gasteiger partial charge in [0.1, 0.15) is 11.6 Å². The molecule has 0 aliphatic heterocycles. The first-order valence-electron chi connectivity index (χ1n) is 6.80. The first-order chi connectivity index (χ1) is 9.31. The van der Waals surface area contributed by atoms with Crippen LogP contribution in [0.4, 0.5) is 11.4 Å². The SMILES string of the molecule is CC(=O)CC(=O)CCc1cc(N(C)C)ccc1N(C)C. The van der Waals surface area contributed by atoms with Crippen LogP contribution in [-0.4, -0.2) is 39.8 Å². The van der Waals surface area contributed by atoms with E-state index in [9.17, 15) is 9.59 Å². The molecule has 0 saturated heterocycles. The third kappa shape index (κ3) is 4.68. The molecule has 110 valence electrons. The average molecular weight is 276 g/mol. The molecule has 0 atom stereocenters. The zero-order valence-electron chi connectivity index (χ0n) is 13.1. The maximum absolute atomic E-state index is 11.7. The van der Waals surface area contributed by atoms with E-state index in [0.717, 1.165) is 16.9 Å². The van der Waals surface area contributed by atoms with Gasteiger partial charge in [0.15, 0.2) is 0 Å². The number of carbonyl (C=O) groups excluding carboxylic acids is 2. The number of benzene rings is 1. The molecule has 0 spiro atoms. The Bertz CT molecular complexity index is 493. The van der Waals surface area contributed by atoms with E-state index in [-0.39, 0.29) is 18.0 Å². The van der Waals surface area contributed by atoms with E-state index in [2.05, 4.69) is 18.2 Å². The summed E-state index contributed by atoms with van der Waals surface area (Å²) in [6.07, 6.45) is 1.13. The highest BCUT2D eigenvalue weighted by molar-refractivity contribution is 5.98. The Morgan fingerprint density at radius 1 is 1.05 bits per heavy atom. The van der Waals surface area contributed by atoms with Gasteiger partial charge < -0.3 is 9.80 Å². The molecule has 20 heavy (non-hydrogen) atoms. The minimum Gasteiger partial charge on any atom is -0.378 e. The maximum atomic E-state index is 11.7. The van der Waals surface area contributed by atoms with Crippen LogP contribution in [0.3, 0.4) is 0 Å². The summed E-state index contributed by atoms with van der Waals surface area (Å²) >= 11 is 0. The van der Waals surface area contributed by atoms with Gasteiger partial charge in [-0.2, -0.15) is 0 Å². The van der Waals surface area contributed by atoms with Crippen LogP contribution >= 0.6 is 0 Å². The monoisotopic (exact) mass is 276 g/mol. The van der Waals surface area contributed by atoms with Gasteiger partial charge >= 0.3 is 0 Å². The Kier molecular flexibility index (Phi) is 5.74. The third-order valence-electron chi connectivity index (χ3n) is 3.18. The second kappa shape index (κ2) is 7.08. The summed E-state index contributed by atoms with van der Waals surface area (Å²) < 4.78 is 0. The van der Waals surface area contributed by atoms with Crippen molar-refractivity contribution < 1.29 is 9.59 Å². The predicted molar refractivity (Wildman–Crippen MR) is 83.7 cm³/mol. The lowest BCUT2D eigenvalue weighted by Crippen LogP contribution is -2.14. The number of carbonyl (C=O) groups is 2. The first kappa shape index (κ1) is 16.2. The van der Waals surface area contributed by atoms with Crippen LogP contribution in [0, 0.1) is 0 Å². The second-order valence-corrected chi connectivity index (χ2v) is 5.52. The number of anilines is 2. The highest BCUT2D eigenvalue weighted by atomic mass is 16.1. The van der Waals surface area contributed by atoms with Gasteiger partial charge in [-0.3, -0.25) is 9.59 Å². The molecule has 0 aliphatic rings.